The Morgan fingerprint density at radius 3 is 2.57 bits per heavy atom. The van der Waals surface area contributed by atoms with E-state index in [0.717, 1.165) is 5.92 Å². The third kappa shape index (κ3) is 5.04. The van der Waals surface area contributed by atoms with Gasteiger partial charge in [-0.3, -0.25) is 0 Å². The van der Waals surface area contributed by atoms with Gasteiger partial charge in [0, 0.05) is 0 Å². The average Bonchev–Trinajstić information content (AvgIpc) is 2.49. The van der Waals surface area contributed by atoms with Crippen molar-refractivity contribution in [3.63, 3.8) is 0 Å². The van der Waals surface area contributed by atoms with Crippen molar-refractivity contribution in [3.05, 3.63) is 30.2 Å². The molecule has 1 saturated carbocycles. The molecule has 1 nitrogen and oxygen atoms in total. The van der Waals surface area contributed by atoms with Crippen molar-refractivity contribution in [3.8, 4) is 0 Å². The fraction of sp³-hybridized carbons (Fsp3) is 0.583. The van der Waals surface area contributed by atoms with Gasteiger partial charge in [-0.05, 0) is 33.5 Å². The van der Waals surface area contributed by atoms with Crippen molar-refractivity contribution in [1.82, 2.24) is 4.90 Å². The quantitative estimate of drug-likeness (QED) is 0.453. The predicted molar refractivity (Wildman–Crippen MR) is 58.5 cm³/mol. The van der Waals surface area contributed by atoms with E-state index in [1.54, 1.807) is 5.57 Å². The maximum absolute atomic E-state index is 2.37. The third-order valence-corrected chi connectivity index (χ3v) is 2.21. The first kappa shape index (κ1) is 14.0. The van der Waals surface area contributed by atoms with E-state index >= 15 is 0 Å². The number of rotatable bonds is 0. The summed E-state index contributed by atoms with van der Waals surface area (Å²) in [6.45, 7) is 0. The van der Waals surface area contributed by atoms with E-state index in [2.05, 4.69) is 24.6 Å². The molecule has 0 N–H and O–H groups in total. The van der Waals surface area contributed by atoms with Gasteiger partial charge in [-0.1, -0.05) is 6.42 Å². The Labute approximate surface area is 103 Å². The summed E-state index contributed by atoms with van der Waals surface area (Å²) in [6.07, 6.45) is 13.0. The second-order valence-electron chi connectivity index (χ2n) is 4.15. The number of hydrogen-bond donors (Lipinski definition) is 0. The predicted octanol–water partition coefficient (Wildman–Crippen LogP) is 2.66. The molecule has 0 spiro atoms. The van der Waals surface area contributed by atoms with Gasteiger partial charge < -0.3 is 4.90 Å². The number of fused-ring (bicyclic) bond motifs is 1. The van der Waals surface area contributed by atoms with Gasteiger partial charge in [-0.15, -0.1) is 18.6 Å². The second-order valence-corrected chi connectivity index (χ2v) is 4.15. The molecular formula is C12H20NTi+3. The summed E-state index contributed by atoms with van der Waals surface area (Å²) in [7, 11) is 6.00. The van der Waals surface area contributed by atoms with Crippen molar-refractivity contribution >= 4 is 0 Å². The van der Waals surface area contributed by atoms with Crippen molar-refractivity contribution in [2.24, 2.45) is 5.92 Å². The normalized spacial score (nSPS) is 22.6. The molecule has 1 atom stereocenters. The van der Waals surface area contributed by atoms with Crippen LogP contribution in [0.15, 0.2) is 23.8 Å². The monoisotopic (exact) mass is 226 g/mol. The van der Waals surface area contributed by atoms with Gasteiger partial charge in [0.2, 0.25) is 0 Å². The van der Waals surface area contributed by atoms with Crippen molar-refractivity contribution in [2.75, 3.05) is 21.1 Å². The minimum Gasteiger partial charge on any atom is -0.312 e. The Hall–Kier alpha value is 0.0243. The minimum absolute atomic E-state index is 0. The van der Waals surface area contributed by atoms with Crippen LogP contribution in [-0.4, -0.2) is 26.0 Å². The summed E-state index contributed by atoms with van der Waals surface area (Å²) in [4.78, 5) is 2.00. The Morgan fingerprint density at radius 2 is 2.00 bits per heavy atom. The zero-order chi connectivity index (χ0) is 9.68. The van der Waals surface area contributed by atoms with Crippen LogP contribution in [0.3, 0.4) is 0 Å². The Kier molecular flexibility index (Phi) is 7.35. The van der Waals surface area contributed by atoms with Gasteiger partial charge in [-0.2, -0.15) is 0 Å². The van der Waals surface area contributed by atoms with Gasteiger partial charge >= 0.3 is 21.7 Å². The number of nitrogens with zero attached hydrogens (tertiary/aromatic N) is 1. The molecule has 2 aliphatic carbocycles. The van der Waals surface area contributed by atoms with Gasteiger partial charge in [-0.25, -0.2) is 18.1 Å². The summed E-state index contributed by atoms with van der Waals surface area (Å²) < 4.78 is 0. The van der Waals surface area contributed by atoms with Crippen LogP contribution in [0.25, 0.3) is 0 Å². The molecule has 1 fully saturated rings. The molecule has 2 rings (SSSR count). The van der Waals surface area contributed by atoms with Crippen LogP contribution in [0.5, 0.6) is 0 Å². The van der Waals surface area contributed by atoms with Gasteiger partial charge in [0.1, 0.15) is 0 Å². The topological polar surface area (TPSA) is 3.24 Å². The van der Waals surface area contributed by atoms with E-state index in [0.29, 0.717) is 0 Å². The molecular weight excluding hydrogens is 206 g/mol. The smallest absolute Gasteiger partial charge is 0.312 e. The van der Waals surface area contributed by atoms with Crippen LogP contribution in [0.2, 0.25) is 0 Å². The van der Waals surface area contributed by atoms with Crippen molar-refractivity contribution < 1.29 is 21.7 Å². The van der Waals surface area contributed by atoms with Crippen LogP contribution in [0.4, 0.5) is 0 Å². The van der Waals surface area contributed by atoms with Crippen molar-refractivity contribution in [1.29, 1.82) is 0 Å². The van der Waals surface area contributed by atoms with Gasteiger partial charge in [0.05, 0.1) is 0 Å². The summed E-state index contributed by atoms with van der Waals surface area (Å²) >= 11 is 0. The van der Waals surface area contributed by atoms with E-state index in [9.17, 15) is 0 Å². The van der Waals surface area contributed by atoms with Gasteiger partial charge in [0.15, 0.2) is 0 Å². The van der Waals surface area contributed by atoms with Gasteiger partial charge in [0.25, 0.3) is 0 Å². The molecule has 0 aromatic carbocycles. The van der Waals surface area contributed by atoms with E-state index in [4.69, 9.17) is 0 Å². The molecule has 2 heteroatoms. The van der Waals surface area contributed by atoms with Crippen molar-refractivity contribution in [2.45, 2.75) is 19.3 Å². The van der Waals surface area contributed by atoms with Crippen LogP contribution >= 0.6 is 0 Å². The molecule has 2 aliphatic rings. The first-order valence-corrected chi connectivity index (χ1v) is 5.01. The molecule has 0 saturated heterocycles. The zero-order valence-electron chi connectivity index (χ0n) is 9.46. The second kappa shape index (κ2) is 7.33. The molecule has 0 heterocycles. The van der Waals surface area contributed by atoms with Crippen LogP contribution in [-0.2, 0) is 21.7 Å². The summed E-state index contributed by atoms with van der Waals surface area (Å²) in [5.74, 6) is 0.884. The Bertz CT molecular complexity index is 204. The number of hydrogen-bond acceptors (Lipinski definition) is 1. The minimum atomic E-state index is 0. The van der Waals surface area contributed by atoms with E-state index < -0.39 is 0 Å². The SMILES string of the molecule is C1=CCC2CC[CH-]C2=C1.CN(C)C.[Ti+4]. The summed E-state index contributed by atoms with van der Waals surface area (Å²) in [5.41, 5.74) is 1.58. The first-order valence-electron chi connectivity index (χ1n) is 5.01. The van der Waals surface area contributed by atoms with E-state index in [-0.39, 0.29) is 21.7 Å². The number of allylic oxidation sites excluding steroid dienone is 4. The molecule has 1 unspecified atom stereocenters. The largest absolute Gasteiger partial charge is 4.00 e. The summed E-state index contributed by atoms with van der Waals surface area (Å²) in [5, 5.41) is 0. The third-order valence-electron chi connectivity index (χ3n) is 2.21. The van der Waals surface area contributed by atoms with Crippen LogP contribution in [0.1, 0.15) is 19.3 Å². The molecule has 14 heavy (non-hydrogen) atoms. The Morgan fingerprint density at radius 1 is 1.36 bits per heavy atom. The maximum Gasteiger partial charge on any atom is 4.00 e. The molecule has 0 aromatic heterocycles. The Balaban J connectivity index is 0.000000299. The maximum atomic E-state index is 2.37. The summed E-state index contributed by atoms with van der Waals surface area (Å²) in [6, 6.07) is 0. The molecule has 0 radical (unpaired) electrons. The van der Waals surface area contributed by atoms with Crippen LogP contribution < -0.4 is 0 Å². The molecule has 74 valence electrons. The molecule has 0 amide bonds. The average molecular weight is 226 g/mol. The molecule has 0 bridgehead atoms. The fourth-order valence-electron chi connectivity index (χ4n) is 1.66. The van der Waals surface area contributed by atoms with Crippen LogP contribution in [0, 0.1) is 12.3 Å². The molecule has 0 aromatic rings. The van der Waals surface area contributed by atoms with E-state index in [1.807, 2.05) is 26.0 Å². The zero-order valence-corrected chi connectivity index (χ0v) is 11.0. The van der Waals surface area contributed by atoms with E-state index in [1.165, 1.54) is 19.3 Å². The first-order chi connectivity index (χ1) is 6.20. The molecule has 0 aliphatic heterocycles. The fourth-order valence-corrected chi connectivity index (χ4v) is 1.66. The standard InChI is InChI=1S/C9H11.C3H9N.Ti/c1-2-5-9-7-3-6-8(9)4-1;1-4(2)3;/h1-2,4,6,9H,3,5,7H2;1-3H3;/q-1;;+4.